The monoisotopic (exact) mass is 293 g/mol. The normalized spacial score (nSPS) is 14.5. The first kappa shape index (κ1) is 12.4. The summed E-state index contributed by atoms with van der Waals surface area (Å²) in [5, 5.41) is 0. The summed E-state index contributed by atoms with van der Waals surface area (Å²) in [5.41, 5.74) is 1.85. The summed E-state index contributed by atoms with van der Waals surface area (Å²) >= 11 is 3.45. The number of nitrogens with zero attached hydrogens (tertiary/aromatic N) is 1. The molecular formula is C14H16BrNO. The Morgan fingerprint density at radius 3 is 2.88 bits per heavy atom. The predicted molar refractivity (Wildman–Crippen MR) is 73.1 cm³/mol. The maximum absolute atomic E-state index is 12.4. The maximum atomic E-state index is 12.4. The topological polar surface area (TPSA) is 20.3 Å². The van der Waals surface area contributed by atoms with Crippen LogP contribution >= 0.6 is 15.9 Å². The number of amides is 1. The molecule has 1 saturated carbocycles. The van der Waals surface area contributed by atoms with Crippen LogP contribution in [0.1, 0.15) is 28.8 Å². The number of carbonyl (C=O) groups is 1. The quantitative estimate of drug-likeness (QED) is 0.778. The standard InChI is InChI=1S/C14H16BrNO/c1-3-8-16(11-5-6-11)14(17)12-9-10(2)4-7-13(12)15/h3-4,7,9,11H,1,5-6,8H2,2H3. The van der Waals surface area contributed by atoms with Gasteiger partial charge in [0.1, 0.15) is 0 Å². The molecule has 0 bridgehead atoms. The molecule has 0 radical (unpaired) electrons. The van der Waals surface area contributed by atoms with Crippen molar-refractivity contribution in [2.45, 2.75) is 25.8 Å². The third kappa shape index (κ3) is 2.78. The van der Waals surface area contributed by atoms with Crippen LogP contribution in [0.2, 0.25) is 0 Å². The highest BCUT2D eigenvalue weighted by Gasteiger charge is 2.32. The van der Waals surface area contributed by atoms with Crippen molar-refractivity contribution in [2.75, 3.05) is 6.54 Å². The van der Waals surface area contributed by atoms with Crippen LogP contribution in [0.3, 0.4) is 0 Å². The van der Waals surface area contributed by atoms with Crippen LogP contribution < -0.4 is 0 Å². The van der Waals surface area contributed by atoms with Gasteiger partial charge in [-0.3, -0.25) is 4.79 Å². The highest BCUT2D eigenvalue weighted by atomic mass is 79.9. The molecule has 2 nitrogen and oxygen atoms in total. The number of hydrogen-bond acceptors (Lipinski definition) is 1. The molecule has 0 heterocycles. The number of aryl methyl sites for hydroxylation is 1. The first-order chi connectivity index (χ1) is 8.13. The fourth-order valence-corrected chi connectivity index (χ4v) is 2.30. The minimum Gasteiger partial charge on any atom is -0.332 e. The average molecular weight is 294 g/mol. The molecule has 2 rings (SSSR count). The van der Waals surface area contributed by atoms with Gasteiger partial charge in [-0.15, -0.1) is 6.58 Å². The lowest BCUT2D eigenvalue weighted by Crippen LogP contribution is -2.33. The Labute approximate surface area is 110 Å². The van der Waals surface area contributed by atoms with E-state index in [0.29, 0.717) is 12.6 Å². The summed E-state index contributed by atoms with van der Waals surface area (Å²) in [5.74, 6) is 0.1000. The molecule has 1 aliphatic rings. The molecule has 1 aliphatic carbocycles. The summed E-state index contributed by atoms with van der Waals surface area (Å²) < 4.78 is 0.864. The van der Waals surface area contributed by atoms with E-state index in [2.05, 4.69) is 22.5 Å². The van der Waals surface area contributed by atoms with Crippen molar-refractivity contribution in [3.05, 3.63) is 46.5 Å². The molecule has 0 spiro atoms. The summed E-state index contributed by atoms with van der Waals surface area (Å²) in [4.78, 5) is 14.3. The molecule has 0 saturated heterocycles. The fourth-order valence-electron chi connectivity index (χ4n) is 1.88. The van der Waals surface area contributed by atoms with Crippen LogP contribution in [0.25, 0.3) is 0 Å². The zero-order valence-electron chi connectivity index (χ0n) is 9.95. The molecule has 90 valence electrons. The molecular weight excluding hydrogens is 278 g/mol. The fraction of sp³-hybridized carbons (Fsp3) is 0.357. The van der Waals surface area contributed by atoms with E-state index >= 15 is 0 Å². The predicted octanol–water partition coefficient (Wildman–Crippen LogP) is 3.55. The van der Waals surface area contributed by atoms with Crippen LogP contribution in [-0.4, -0.2) is 23.4 Å². The summed E-state index contributed by atoms with van der Waals surface area (Å²) in [6.07, 6.45) is 4.02. The molecule has 3 heteroatoms. The number of rotatable bonds is 4. The van der Waals surface area contributed by atoms with Gasteiger partial charge in [0.15, 0.2) is 0 Å². The van der Waals surface area contributed by atoms with Crippen molar-refractivity contribution in [1.29, 1.82) is 0 Å². The van der Waals surface area contributed by atoms with Crippen molar-refractivity contribution >= 4 is 21.8 Å². The van der Waals surface area contributed by atoms with Gasteiger partial charge in [0.2, 0.25) is 0 Å². The van der Waals surface area contributed by atoms with Gasteiger partial charge in [0, 0.05) is 17.1 Å². The van der Waals surface area contributed by atoms with E-state index in [1.165, 1.54) is 0 Å². The zero-order valence-corrected chi connectivity index (χ0v) is 11.5. The van der Waals surface area contributed by atoms with E-state index in [-0.39, 0.29) is 5.91 Å². The largest absolute Gasteiger partial charge is 0.332 e. The number of hydrogen-bond donors (Lipinski definition) is 0. The molecule has 0 aliphatic heterocycles. The van der Waals surface area contributed by atoms with Gasteiger partial charge in [-0.1, -0.05) is 17.7 Å². The Kier molecular flexibility index (Phi) is 3.67. The SMILES string of the molecule is C=CCN(C(=O)c1cc(C)ccc1Br)C1CC1. The van der Waals surface area contributed by atoms with E-state index in [9.17, 15) is 4.79 Å². The Bertz CT molecular complexity index is 452. The zero-order chi connectivity index (χ0) is 12.4. The number of carbonyl (C=O) groups excluding carboxylic acids is 1. The van der Waals surface area contributed by atoms with Gasteiger partial charge in [0.25, 0.3) is 5.91 Å². The van der Waals surface area contributed by atoms with E-state index in [1.54, 1.807) is 6.08 Å². The third-order valence-corrected chi connectivity index (χ3v) is 3.62. The second kappa shape index (κ2) is 5.05. The lowest BCUT2D eigenvalue weighted by atomic mass is 10.1. The highest BCUT2D eigenvalue weighted by molar-refractivity contribution is 9.10. The van der Waals surface area contributed by atoms with Crippen LogP contribution in [-0.2, 0) is 0 Å². The molecule has 1 amide bonds. The van der Waals surface area contributed by atoms with Gasteiger partial charge in [-0.05, 0) is 47.8 Å². The van der Waals surface area contributed by atoms with Gasteiger partial charge < -0.3 is 4.90 Å². The Hall–Kier alpha value is -1.09. The molecule has 17 heavy (non-hydrogen) atoms. The second-order valence-corrected chi connectivity index (χ2v) is 5.32. The minimum atomic E-state index is 0.1000. The second-order valence-electron chi connectivity index (χ2n) is 4.46. The minimum absolute atomic E-state index is 0.1000. The number of benzene rings is 1. The van der Waals surface area contributed by atoms with E-state index in [0.717, 1.165) is 28.4 Å². The molecule has 1 aromatic rings. The molecule has 0 aromatic heterocycles. The molecule has 0 N–H and O–H groups in total. The van der Waals surface area contributed by atoms with Crippen LogP contribution in [0.5, 0.6) is 0 Å². The van der Waals surface area contributed by atoms with Gasteiger partial charge in [-0.25, -0.2) is 0 Å². The summed E-state index contributed by atoms with van der Waals surface area (Å²) in [6.45, 7) is 6.35. The van der Waals surface area contributed by atoms with Crippen molar-refractivity contribution in [2.24, 2.45) is 0 Å². The molecule has 0 unspecified atom stereocenters. The molecule has 1 aromatic carbocycles. The summed E-state index contributed by atoms with van der Waals surface area (Å²) in [7, 11) is 0. The highest BCUT2D eigenvalue weighted by Crippen LogP contribution is 2.30. The van der Waals surface area contributed by atoms with Crippen LogP contribution in [0, 0.1) is 6.92 Å². The van der Waals surface area contributed by atoms with Gasteiger partial charge >= 0.3 is 0 Å². The van der Waals surface area contributed by atoms with Crippen molar-refractivity contribution in [1.82, 2.24) is 4.90 Å². The van der Waals surface area contributed by atoms with Gasteiger partial charge in [-0.2, -0.15) is 0 Å². The van der Waals surface area contributed by atoms with Crippen molar-refractivity contribution < 1.29 is 4.79 Å². The van der Waals surface area contributed by atoms with Crippen LogP contribution in [0.4, 0.5) is 0 Å². The van der Waals surface area contributed by atoms with Crippen molar-refractivity contribution in [3.8, 4) is 0 Å². The van der Waals surface area contributed by atoms with Gasteiger partial charge in [0.05, 0.1) is 5.56 Å². The lowest BCUT2D eigenvalue weighted by Gasteiger charge is -2.21. The third-order valence-electron chi connectivity index (χ3n) is 2.93. The molecule has 1 fully saturated rings. The first-order valence-electron chi connectivity index (χ1n) is 5.81. The Balaban J connectivity index is 2.27. The molecule has 0 atom stereocenters. The smallest absolute Gasteiger partial charge is 0.255 e. The van der Waals surface area contributed by atoms with Crippen molar-refractivity contribution in [3.63, 3.8) is 0 Å². The van der Waals surface area contributed by atoms with Crippen LogP contribution in [0.15, 0.2) is 35.3 Å². The summed E-state index contributed by atoms with van der Waals surface area (Å²) in [6, 6.07) is 6.27. The van der Waals surface area contributed by atoms with E-state index in [4.69, 9.17) is 0 Å². The lowest BCUT2D eigenvalue weighted by molar-refractivity contribution is 0.0761. The first-order valence-corrected chi connectivity index (χ1v) is 6.61. The van der Waals surface area contributed by atoms with E-state index in [1.807, 2.05) is 30.0 Å². The van der Waals surface area contributed by atoms with E-state index < -0.39 is 0 Å². The average Bonchev–Trinajstić information content (AvgIpc) is 3.12. The Morgan fingerprint density at radius 2 is 2.29 bits per heavy atom. The Morgan fingerprint density at radius 1 is 1.59 bits per heavy atom. The maximum Gasteiger partial charge on any atom is 0.255 e. The number of halogens is 1.